The van der Waals surface area contributed by atoms with E-state index >= 15 is 0 Å². The summed E-state index contributed by atoms with van der Waals surface area (Å²) in [5.74, 6) is -1.28. The maximum absolute atomic E-state index is 13.7. The fourth-order valence-corrected chi connectivity index (χ4v) is 2.33. The predicted molar refractivity (Wildman–Crippen MR) is 40.7 cm³/mol. The van der Waals surface area contributed by atoms with E-state index in [-0.39, 0.29) is 12.5 Å². The van der Waals surface area contributed by atoms with Crippen LogP contribution in [-0.2, 0) is 4.79 Å². The Bertz CT molecular complexity index is 221. The van der Waals surface area contributed by atoms with Gasteiger partial charge in [0.2, 0.25) is 5.67 Å². The van der Waals surface area contributed by atoms with Crippen molar-refractivity contribution >= 4 is 5.97 Å². The number of fused-ring (bicyclic) bond motifs is 1. The molecule has 2 aliphatic rings. The van der Waals surface area contributed by atoms with Crippen LogP contribution in [0.3, 0.4) is 0 Å². The standard InChI is InChI=1S/C8H12FNO2/c9-8(7(11)12)3-5-10-4-1-2-6(8)10/h6H,1-5H2,(H,11,12). The van der Waals surface area contributed by atoms with Crippen LogP contribution in [0.15, 0.2) is 0 Å². The molecule has 2 heterocycles. The maximum Gasteiger partial charge on any atom is 0.343 e. The molecule has 0 aromatic heterocycles. The Labute approximate surface area is 70.2 Å². The molecule has 2 unspecified atom stereocenters. The first-order chi connectivity index (χ1) is 5.64. The van der Waals surface area contributed by atoms with Gasteiger partial charge in [-0.15, -0.1) is 0 Å². The van der Waals surface area contributed by atoms with E-state index in [1.54, 1.807) is 0 Å². The molecule has 68 valence electrons. The second kappa shape index (κ2) is 2.42. The van der Waals surface area contributed by atoms with Crippen LogP contribution in [0.4, 0.5) is 4.39 Å². The molecule has 12 heavy (non-hydrogen) atoms. The molecule has 0 aromatic carbocycles. The normalized spacial score (nSPS) is 41.6. The van der Waals surface area contributed by atoms with Gasteiger partial charge in [-0.2, -0.15) is 0 Å². The zero-order valence-electron chi connectivity index (χ0n) is 6.79. The third-order valence-electron chi connectivity index (χ3n) is 3.01. The lowest BCUT2D eigenvalue weighted by molar-refractivity contribution is -0.152. The molecule has 0 radical (unpaired) electrons. The average molecular weight is 173 g/mol. The van der Waals surface area contributed by atoms with Gasteiger partial charge in [-0.1, -0.05) is 0 Å². The molecule has 2 saturated heterocycles. The topological polar surface area (TPSA) is 40.5 Å². The molecule has 0 aliphatic carbocycles. The van der Waals surface area contributed by atoms with Crippen LogP contribution < -0.4 is 0 Å². The van der Waals surface area contributed by atoms with Gasteiger partial charge in [-0.25, -0.2) is 9.18 Å². The van der Waals surface area contributed by atoms with Crippen molar-refractivity contribution in [3.05, 3.63) is 0 Å². The van der Waals surface area contributed by atoms with Gasteiger partial charge < -0.3 is 5.11 Å². The van der Waals surface area contributed by atoms with Crippen molar-refractivity contribution in [2.75, 3.05) is 13.1 Å². The number of halogens is 1. The minimum Gasteiger partial charge on any atom is -0.479 e. The molecule has 0 bridgehead atoms. The zero-order valence-corrected chi connectivity index (χ0v) is 6.79. The lowest BCUT2D eigenvalue weighted by atomic mass is 9.95. The fourth-order valence-electron chi connectivity index (χ4n) is 2.33. The highest BCUT2D eigenvalue weighted by Gasteiger charge is 2.55. The SMILES string of the molecule is O=C(O)C1(F)CCN2CCCC21. The van der Waals surface area contributed by atoms with Crippen LogP contribution in [0.5, 0.6) is 0 Å². The van der Waals surface area contributed by atoms with E-state index in [9.17, 15) is 9.18 Å². The number of nitrogens with zero attached hydrogens (tertiary/aromatic N) is 1. The summed E-state index contributed by atoms with van der Waals surface area (Å²) in [7, 11) is 0. The van der Waals surface area contributed by atoms with Gasteiger partial charge in [0, 0.05) is 13.0 Å². The highest BCUT2D eigenvalue weighted by Crippen LogP contribution is 2.38. The minimum atomic E-state index is -1.96. The minimum absolute atomic E-state index is 0.160. The van der Waals surface area contributed by atoms with Crippen molar-refractivity contribution in [1.82, 2.24) is 4.90 Å². The van der Waals surface area contributed by atoms with Crippen LogP contribution in [0.2, 0.25) is 0 Å². The van der Waals surface area contributed by atoms with Crippen molar-refractivity contribution in [2.45, 2.75) is 31.0 Å². The third kappa shape index (κ3) is 0.874. The van der Waals surface area contributed by atoms with Gasteiger partial charge in [0.15, 0.2) is 0 Å². The number of aliphatic carboxylic acids is 1. The summed E-state index contributed by atoms with van der Waals surface area (Å²) in [5, 5.41) is 8.72. The Morgan fingerprint density at radius 3 is 3.00 bits per heavy atom. The lowest BCUT2D eigenvalue weighted by Crippen LogP contribution is -2.44. The Morgan fingerprint density at radius 2 is 2.33 bits per heavy atom. The summed E-state index contributed by atoms with van der Waals surface area (Å²) in [6, 6.07) is -0.352. The van der Waals surface area contributed by atoms with Crippen molar-refractivity contribution in [2.24, 2.45) is 0 Å². The number of alkyl halides is 1. The van der Waals surface area contributed by atoms with E-state index in [1.807, 2.05) is 4.90 Å². The first kappa shape index (κ1) is 7.98. The molecule has 0 saturated carbocycles. The summed E-state index contributed by atoms with van der Waals surface area (Å²) in [6.07, 6.45) is 1.79. The Hall–Kier alpha value is -0.640. The van der Waals surface area contributed by atoms with Crippen LogP contribution in [0, 0.1) is 0 Å². The number of carboxylic acids is 1. The molecule has 0 amide bonds. The summed E-state index contributed by atoms with van der Waals surface area (Å²) >= 11 is 0. The van der Waals surface area contributed by atoms with Crippen LogP contribution in [-0.4, -0.2) is 40.8 Å². The number of hydrogen-bond donors (Lipinski definition) is 1. The van der Waals surface area contributed by atoms with Crippen LogP contribution >= 0.6 is 0 Å². The first-order valence-electron chi connectivity index (χ1n) is 4.31. The van der Waals surface area contributed by atoms with Gasteiger partial charge >= 0.3 is 5.97 Å². The quantitative estimate of drug-likeness (QED) is 0.632. The highest BCUT2D eigenvalue weighted by atomic mass is 19.1. The number of carbonyl (C=O) groups is 1. The van der Waals surface area contributed by atoms with Crippen molar-refractivity contribution in [3.63, 3.8) is 0 Å². The van der Waals surface area contributed by atoms with Crippen LogP contribution in [0.1, 0.15) is 19.3 Å². The highest BCUT2D eigenvalue weighted by molar-refractivity contribution is 5.79. The van der Waals surface area contributed by atoms with E-state index in [4.69, 9.17) is 5.11 Å². The molecular weight excluding hydrogens is 161 g/mol. The molecule has 4 heteroatoms. The van der Waals surface area contributed by atoms with E-state index in [1.165, 1.54) is 0 Å². The molecule has 3 nitrogen and oxygen atoms in total. The van der Waals surface area contributed by atoms with Crippen molar-refractivity contribution < 1.29 is 14.3 Å². The Morgan fingerprint density at radius 1 is 1.58 bits per heavy atom. The number of carboxylic acid groups (broad SMARTS) is 1. The zero-order chi connectivity index (χ0) is 8.77. The lowest BCUT2D eigenvalue weighted by Gasteiger charge is -2.22. The van der Waals surface area contributed by atoms with E-state index in [0.29, 0.717) is 13.0 Å². The summed E-state index contributed by atoms with van der Waals surface area (Å²) in [5.41, 5.74) is -1.96. The van der Waals surface area contributed by atoms with Gasteiger partial charge in [0.05, 0.1) is 6.04 Å². The largest absolute Gasteiger partial charge is 0.479 e. The van der Waals surface area contributed by atoms with Gasteiger partial charge in [-0.3, -0.25) is 4.90 Å². The molecule has 2 atom stereocenters. The molecule has 0 aromatic rings. The molecule has 2 aliphatic heterocycles. The second-order valence-corrected chi connectivity index (χ2v) is 3.61. The Kier molecular flexibility index (Phi) is 1.61. The molecule has 0 spiro atoms. The van der Waals surface area contributed by atoms with Gasteiger partial charge in [-0.05, 0) is 19.4 Å². The van der Waals surface area contributed by atoms with E-state index in [0.717, 1.165) is 13.0 Å². The average Bonchev–Trinajstić information content (AvgIpc) is 2.54. The van der Waals surface area contributed by atoms with Crippen molar-refractivity contribution in [1.29, 1.82) is 0 Å². The first-order valence-corrected chi connectivity index (χ1v) is 4.31. The van der Waals surface area contributed by atoms with Crippen LogP contribution in [0.25, 0.3) is 0 Å². The van der Waals surface area contributed by atoms with Gasteiger partial charge in [0.1, 0.15) is 0 Å². The number of hydrogen-bond acceptors (Lipinski definition) is 2. The van der Waals surface area contributed by atoms with E-state index < -0.39 is 11.6 Å². The molecule has 1 N–H and O–H groups in total. The number of rotatable bonds is 1. The predicted octanol–water partition coefficient (Wildman–Crippen LogP) is 0.647. The van der Waals surface area contributed by atoms with Gasteiger partial charge in [0.25, 0.3) is 0 Å². The molecular formula is C8H12FNO2. The van der Waals surface area contributed by atoms with Crippen molar-refractivity contribution in [3.8, 4) is 0 Å². The monoisotopic (exact) mass is 173 g/mol. The molecule has 2 fully saturated rings. The smallest absolute Gasteiger partial charge is 0.343 e. The maximum atomic E-state index is 13.7. The second-order valence-electron chi connectivity index (χ2n) is 3.61. The van der Waals surface area contributed by atoms with E-state index in [2.05, 4.69) is 0 Å². The summed E-state index contributed by atoms with van der Waals surface area (Å²) in [6.45, 7) is 1.47. The summed E-state index contributed by atoms with van der Waals surface area (Å²) in [4.78, 5) is 12.6. The summed E-state index contributed by atoms with van der Waals surface area (Å²) < 4.78 is 13.7. The molecule has 2 rings (SSSR count). The fraction of sp³-hybridized carbons (Fsp3) is 0.875. The Balaban J connectivity index is 2.22. The third-order valence-corrected chi connectivity index (χ3v) is 3.01.